The Morgan fingerprint density at radius 2 is 1.85 bits per heavy atom. The van der Waals surface area contributed by atoms with Gasteiger partial charge in [-0.05, 0) is 30.3 Å². The van der Waals surface area contributed by atoms with Gasteiger partial charge >= 0.3 is 0 Å². The zero-order valence-electron chi connectivity index (χ0n) is 17.7. The highest BCUT2D eigenvalue weighted by atomic mass is 19.1. The first-order valence-electron chi connectivity index (χ1n) is 10.3. The van der Waals surface area contributed by atoms with Crippen molar-refractivity contribution in [3.05, 3.63) is 67.0 Å². The van der Waals surface area contributed by atoms with Gasteiger partial charge in [0.05, 0.1) is 41.9 Å². The molecule has 5 heterocycles. The molecule has 0 aliphatic carbocycles. The van der Waals surface area contributed by atoms with Crippen LogP contribution in [0.15, 0.2) is 61.2 Å². The summed E-state index contributed by atoms with van der Waals surface area (Å²) < 4.78 is 19.2. The third kappa shape index (κ3) is 3.28. The summed E-state index contributed by atoms with van der Waals surface area (Å²) in [6.07, 6.45) is 6.64. The van der Waals surface area contributed by atoms with Gasteiger partial charge in [0.15, 0.2) is 5.82 Å². The van der Waals surface area contributed by atoms with Gasteiger partial charge in [0.1, 0.15) is 28.5 Å². The van der Waals surface area contributed by atoms with E-state index in [2.05, 4.69) is 30.1 Å². The molecule has 0 saturated carbocycles. The van der Waals surface area contributed by atoms with Crippen LogP contribution in [0.3, 0.4) is 0 Å². The first-order valence-corrected chi connectivity index (χ1v) is 10.3. The number of ether oxygens (including phenoxy) is 1. The predicted molar refractivity (Wildman–Crippen MR) is 124 cm³/mol. The van der Waals surface area contributed by atoms with E-state index in [9.17, 15) is 9.50 Å². The molecule has 1 aromatic carbocycles. The summed E-state index contributed by atoms with van der Waals surface area (Å²) in [6.45, 7) is 0. The Labute approximate surface area is 191 Å². The Kier molecular flexibility index (Phi) is 4.44. The maximum Gasteiger partial charge on any atom is 0.159 e. The molecule has 0 aliphatic rings. The van der Waals surface area contributed by atoms with Crippen molar-refractivity contribution >= 4 is 21.9 Å². The Bertz CT molecular complexity index is 1670. The molecule has 0 unspecified atom stereocenters. The third-order valence-corrected chi connectivity index (χ3v) is 5.47. The van der Waals surface area contributed by atoms with Crippen molar-refractivity contribution in [1.82, 2.24) is 35.1 Å². The number of hydrogen-bond donors (Lipinski definition) is 3. The van der Waals surface area contributed by atoms with Crippen LogP contribution in [0.2, 0.25) is 0 Å². The zero-order chi connectivity index (χ0) is 23.2. The van der Waals surface area contributed by atoms with E-state index in [4.69, 9.17) is 9.72 Å². The van der Waals surface area contributed by atoms with Gasteiger partial charge in [-0.1, -0.05) is 0 Å². The molecule has 0 bridgehead atoms. The van der Waals surface area contributed by atoms with Crippen LogP contribution in [0, 0.1) is 5.82 Å². The smallest absolute Gasteiger partial charge is 0.159 e. The maximum atomic E-state index is 13.9. The molecule has 9 nitrogen and oxygen atoms in total. The molecule has 0 atom stereocenters. The van der Waals surface area contributed by atoms with Gasteiger partial charge in [-0.15, -0.1) is 0 Å². The van der Waals surface area contributed by atoms with Gasteiger partial charge in [-0.25, -0.2) is 9.37 Å². The van der Waals surface area contributed by atoms with Crippen molar-refractivity contribution in [2.45, 2.75) is 0 Å². The monoisotopic (exact) mass is 453 g/mol. The number of phenols is 1. The van der Waals surface area contributed by atoms with Crippen LogP contribution >= 0.6 is 0 Å². The number of hydrogen-bond acceptors (Lipinski definition) is 7. The first kappa shape index (κ1) is 19.8. The SMILES string of the molecule is COc1cncc(-c2cc3c(-c4nc5c(-c6cc(O)cc(F)c6)nccc5[nH]4)n[nH]c3cn2)c1. The van der Waals surface area contributed by atoms with Gasteiger partial charge in [0, 0.05) is 35.0 Å². The maximum absolute atomic E-state index is 13.9. The minimum absolute atomic E-state index is 0.185. The van der Waals surface area contributed by atoms with Gasteiger partial charge < -0.3 is 14.8 Å². The minimum Gasteiger partial charge on any atom is -0.508 e. The number of aromatic nitrogens is 7. The number of phenolic OH excluding ortho intramolecular Hbond substituents is 1. The molecule has 0 fully saturated rings. The molecule has 6 rings (SSSR count). The number of fused-ring (bicyclic) bond motifs is 2. The summed E-state index contributed by atoms with van der Waals surface area (Å²) in [7, 11) is 1.58. The van der Waals surface area contributed by atoms with E-state index < -0.39 is 5.82 Å². The third-order valence-electron chi connectivity index (χ3n) is 5.47. The lowest BCUT2D eigenvalue weighted by molar-refractivity contribution is 0.413. The molecule has 5 aromatic heterocycles. The van der Waals surface area contributed by atoms with Crippen LogP contribution < -0.4 is 4.74 Å². The van der Waals surface area contributed by atoms with E-state index in [0.29, 0.717) is 45.3 Å². The number of rotatable bonds is 4. The fourth-order valence-corrected chi connectivity index (χ4v) is 3.90. The molecule has 0 radical (unpaired) electrons. The van der Waals surface area contributed by atoms with Crippen molar-refractivity contribution in [2.75, 3.05) is 7.11 Å². The van der Waals surface area contributed by atoms with E-state index in [1.54, 1.807) is 38.0 Å². The molecule has 0 aliphatic heterocycles. The van der Waals surface area contributed by atoms with Crippen molar-refractivity contribution < 1.29 is 14.2 Å². The lowest BCUT2D eigenvalue weighted by atomic mass is 10.1. The Morgan fingerprint density at radius 1 is 0.941 bits per heavy atom. The van der Waals surface area contributed by atoms with Gasteiger partial charge in [0.25, 0.3) is 0 Å². The van der Waals surface area contributed by atoms with Crippen LogP contribution in [-0.4, -0.2) is 47.3 Å². The fraction of sp³-hybridized carbons (Fsp3) is 0.0417. The predicted octanol–water partition coefficient (Wildman–Crippen LogP) is 4.48. The number of nitrogens with zero attached hydrogens (tertiary/aromatic N) is 5. The Morgan fingerprint density at radius 3 is 2.71 bits per heavy atom. The minimum atomic E-state index is -0.560. The molecule has 10 heteroatoms. The lowest BCUT2D eigenvalue weighted by Crippen LogP contribution is -1.89. The summed E-state index contributed by atoms with van der Waals surface area (Å²) >= 11 is 0. The Balaban J connectivity index is 1.49. The van der Waals surface area contributed by atoms with E-state index in [-0.39, 0.29) is 5.75 Å². The lowest BCUT2D eigenvalue weighted by Gasteiger charge is -2.03. The second kappa shape index (κ2) is 7.62. The van der Waals surface area contributed by atoms with Crippen molar-refractivity contribution in [3.63, 3.8) is 0 Å². The quantitative estimate of drug-likeness (QED) is 0.359. The van der Waals surface area contributed by atoms with Crippen LogP contribution in [0.25, 0.3) is 56.0 Å². The normalized spacial score (nSPS) is 11.4. The molecule has 0 amide bonds. The first-order chi connectivity index (χ1) is 16.6. The number of imidazole rings is 1. The number of pyridine rings is 3. The fourth-order valence-electron chi connectivity index (χ4n) is 3.90. The van der Waals surface area contributed by atoms with Crippen LogP contribution in [0.4, 0.5) is 4.39 Å². The molecule has 166 valence electrons. The topological polar surface area (TPSA) is 125 Å². The van der Waals surface area contributed by atoms with E-state index in [1.807, 2.05) is 12.1 Å². The molecule has 3 N–H and O–H groups in total. The van der Waals surface area contributed by atoms with E-state index in [1.165, 1.54) is 12.1 Å². The largest absolute Gasteiger partial charge is 0.508 e. The summed E-state index contributed by atoms with van der Waals surface area (Å²) in [5.74, 6) is 0.398. The number of methoxy groups -OCH3 is 1. The molecular formula is C24H16FN7O2. The van der Waals surface area contributed by atoms with Crippen LogP contribution in [0.1, 0.15) is 0 Å². The summed E-state index contributed by atoms with van der Waals surface area (Å²) in [4.78, 5) is 21.1. The zero-order valence-corrected chi connectivity index (χ0v) is 17.7. The molecule has 6 aromatic rings. The highest BCUT2D eigenvalue weighted by Gasteiger charge is 2.17. The second-order valence-corrected chi connectivity index (χ2v) is 7.64. The van der Waals surface area contributed by atoms with Crippen molar-refractivity contribution in [2.24, 2.45) is 0 Å². The number of aromatic hydroxyl groups is 1. The Hall–Kier alpha value is -4.86. The van der Waals surface area contributed by atoms with Gasteiger partial charge in [-0.2, -0.15) is 5.10 Å². The summed E-state index contributed by atoms with van der Waals surface area (Å²) in [5, 5.41) is 18.1. The number of H-pyrrole nitrogens is 2. The molecule has 0 spiro atoms. The van der Waals surface area contributed by atoms with Gasteiger partial charge in [0.2, 0.25) is 0 Å². The second-order valence-electron chi connectivity index (χ2n) is 7.64. The summed E-state index contributed by atoms with van der Waals surface area (Å²) in [5.41, 5.74) is 4.94. The molecule has 0 saturated heterocycles. The molecular weight excluding hydrogens is 437 g/mol. The average Bonchev–Trinajstić information content (AvgIpc) is 3.46. The van der Waals surface area contributed by atoms with Gasteiger partial charge in [-0.3, -0.25) is 20.1 Å². The highest BCUT2D eigenvalue weighted by Crippen LogP contribution is 2.33. The number of nitrogens with one attached hydrogen (secondary N) is 2. The van der Waals surface area contributed by atoms with Crippen molar-refractivity contribution in [3.8, 4) is 45.5 Å². The average molecular weight is 453 g/mol. The number of aromatic amines is 2. The summed E-state index contributed by atoms with van der Waals surface area (Å²) in [6, 6.07) is 9.33. The highest BCUT2D eigenvalue weighted by molar-refractivity contribution is 5.96. The molecule has 34 heavy (non-hydrogen) atoms. The van der Waals surface area contributed by atoms with E-state index in [0.717, 1.165) is 22.5 Å². The number of halogens is 1. The standard InChI is InChI=1S/C24H16FN7O2/c1-34-16-6-13(9-26-10-16)19-8-17-20(11-28-19)31-32-22(17)24-29-18-2-3-27-21(23(18)30-24)12-4-14(25)7-15(33)5-12/h2-11,33H,1H3,(H,29,30)(H,31,32). The van der Waals surface area contributed by atoms with E-state index >= 15 is 0 Å². The number of benzene rings is 1. The van der Waals surface area contributed by atoms with Crippen LogP contribution in [0.5, 0.6) is 11.5 Å². The van der Waals surface area contributed by atoms with Crippen LogP contribution in [-0.2, 0) is 0 Å². The van der Waals surface area contributed by atoms with Crippen molar-refractivity contribution in [1.29, 1.82) is 0 Å².